The molecule has 2 unspecified atom stereocenters. The molecule has 1 aromatic carbocycles. The summed E-state index contributed by atoms with van der Waals surface area (Å²) in [4.78, 5) is 1.99. The van der Waals surface area contributed by atoms with Gasteiger partial charge in [0.15, 0.2) is 0 Å². The molecular formula is C18H25F2NO3. The molecule has 1 aliphatic heterocycles. The van der Waals surface area contributed by atoms with Crippen LogP contribution in [-0.4, -0.2) is 53.6 Å². The number of likely N-dealkylation sites (tertiary alicyclic amines) is 1. The average molecular weight is 341 g/mol. The molecule has 0 spiro atoms. The van der Waals surface area contributed by atoms with Crippen molar-refractivity contribution in [2.45, 2.75) is 44.2 Å². The molecule has 1 heterocycles. The van der Waals surface area contributed by atoms with Crippen LogP contribution in [0.5, 0.6) is 5.75 Å². The van der Waals surface area contributed by atoms with Gasteiger partial charge in [-0.05, 0) is 38.0 Å². The fourth-order valence-corrected chi connectivity index (χ4v) is 3.22. The zero-order chi connectivity index (χ0) is 17.1. The lowest BCUT2D eigenvalue weighted by Crippen LogP contribution is -2.47. The van der Waals surface area contributed by atoms with Crippen LogP contribution in [-0.2, 0) is 6.42 Å². The van der Waals surface area contributed by atoms with E-state index in [4.69, 9.17) is 4.74 Å². The van der Waals surface area contributed by atoms with Gasteiger partial charge >= 0.3 is 0 Å². The first-order valence-corrected chi connectivity index (χ1v) is 8.70. The molecule has 0 bridgehead atoms. The van der Waals surface area contributed by atoms with E-state index in [9.17, 15) is 19.0 Å². The monoisotopic (exact) mass is 341 g/mol. The van der Waals surface area contributed by atoms with Gasteiger partial charge in [-0.2, -0.15) is 0 Å². The summed E-state index contributed by atoms with van der Waals surface area (Å²) in [5.74, 6) is -0.396. The fourth-order valence-electron chi connectivity index (χ4n) is 3.22. The van der Waals surface area contributed by atoms with Gasteiger partial charge in [-0.25, -0.2) is 8.78 Å². The number of hydrogen-bond donors (Lipinski definition) is 2. The maximum absolute atomic E-state index is 14.2. The third-order valence-corrected chi connectivity index (χ3v) is 4.97. The highest BCUT2D eigenvalue weighted by Gasteiger charge is 2.27. The summed E-state index contributed by atoms with van der Waals surface area (Å²) in [6, 6.07) is 2.36. The molecule has 1 aromatic rings. The number of halogens is 2. The van der Waals surface area contributed by atoms with Crippen molar-refractivity contribution in [1.29, 1.82) is 0 Å². The topological polar surface area (TPSA) is 52.9 Å². The van der Waals surface area contributed by atoms with Crippen molar-refractivity contribution in [3.05, 3.63) is 29.3 Å². The van der Waals surface area contributed by atoms with Crippen LogP contribution in [0, 0.1) is 17.6 Å². The van der Waals surface area contributed by atoms with Crippen LogP contribution in [0.1, 0.15) is 31.2 Å². The van der Waals surface area contributed by atoms with Crippen LogP contribution in [0.3, 0.4) is 0 Å². The van der Waals surface area contributed by atoms with Gasteiger partial charge in [0.05, 0.1) is 19.3 Å². The van der Waals surface area contributed by atoms with Crippen molar-refractivity contribution in [1.82, 2.24) is 4.90 Å². The average Bonchev–Trinajstić information content (AvgIpc) is 3.37. The molecule has 1 saturated carbocycles. The van der Waals surface area contributed by atoms with E-state index in [1.54, 1.807) is 0 Å². The van der Waals surface area contributed by atoms with Gasteiger partial charge in [-0.15, -0.1) is 0 Å². The van der Waals surface area contributed by atoms with Crippen molar-refractivity contribution in [3.63, 3.8) is 0 Å². The molecule has 4 nitrogen and oxygen atoms in total. The number of piperidine rings is 1. The molecule has 1 saturated heterocycles. The molecule has 2 atom stereocenters. The third-order valence-electron chi connectivity index (χ3n) is 4.97. The Morgan fingerprint density at radius 2 is 1.88 bits per heavy atom. The molecule has 2 aliphatic rings. The Labute approximate surface area is 141 Å². The molecule has 1 aliphatic carbocycles. The van der Waals surface area contributed by atoms with E-state index in [-0.39, 0.29) is 30.4 Å². The zero-order valence-electron chi connectivity index (χ0n) is 13.8. The molecule has 0 amide bonds. The van der Waals surface area contributed by atoms with Crippen LogP contribution in [0.4, 0.5) is 8.78 Å². The van der Waals surface area contributed by atoms with E-state index in [0.717, 1.165) is 12.8 Å². The Kier molecular flexibility index (Phi) is 5.69. The number of benzene rings is 1. The minimum absolute atomic E-state index is 0.0524. The minimum Gasteiger partial charge on any atom is -0.493 e. The van der Waals surface area contributed by atoms with Gasteiger partial charge in [0.1, 0.15) is 17.4 Å². The standard InChI is InChI=1S/C18H25F2NO3/c19-17-8-15(24-11-12-1-2-12)9-18(20)16(17)4-6-21-5-3-14(23)7-13(21)10-22/h8-9,12-14,22-23H,1-7,10-11H2. The molecule has 6 heteroatoms. The summed E-state index contributed by atoms with van der Waals surface area (Å²) in [5.41, 5.74) is 0.0524. The van der Waals surface area contributed by atoms with Gasteiger partial charge in [0.2, 0.25) is 0 Å². The van der Waals surface area contributed by atoms with Crippen molar-refractivity contribution >= 4 is 0 Å². The molecule has 0 radical (unpaired) electrons. The minimum atomic E-state index is -0.585. The Balaban J connectivity index is 1.59. The van der Waals surface area contributed by atoms with E-state index in [1.165, 1.54) is 12.1 Å². The number of hydrogen-bond acceptors (Lipinski definition) is 4. The highest BCUT2D eigenvalue weighted by Crippen LogP contribution is 2.30. The number of rotatable bonds is 7. The van der Waals surface area contributed by atoms with Crippen LogP contribution in [0.25, 0.3) is 0 Å². The predicted molar refractivity (Wildman–Crippen MR) is 86.0 cm³/mol. The Morgan fingerprint density at radius 3 is 2.50 bits per heavy atom. The molecule has 2 fully saturated rings. The molecular weight excluding hydrogens is 316 g/mol. The molecule has 3 rings (SSSR count). The molecule has 24 heavy (non-hydrogen) atoms. The van der Waals surface area contributed by atoms with Crippen LogP contribution in [0.15, 0.2) is 12.1 Å². The van der Waals surface area contributed by atoms with E-state index in [2.05, 4.69) is 0 Å². The Bertz CT molecular complexity index is 542. The maximum Gasteiger partial charge on any atom is 0.133 e. The summed E-state index contributed by atoms with van der Waals surface area (Å²) in [7, 11) is 0. The van der Waals surface area contributed by atoms with E-state index < -0.39 is 17.7 Å². The summed E-state index contributed by atoms with van der Waals surface area (Å²) in [5, 5.41) is 19.1. The summed E-state index contributed by atoms with van der Waals surface area (Å²) >= 11 is 0. The smallest absolute Gasteiger partial charge is 0.133 e. The second-order valence-corrected chi connectivity index (χ2v) is 6.92. The second kappa shape index (κ2) is 7.76. The van der Waals surface area contributed by atoms with Crippen LogP contribution >= 0.6 is 0 Å². The zero-order valence-corrected chi connectivity index (χ0v) is 13.8. The summed E-state index contributed by atoms with van der Waals surface area (Å²) in [6.07, 6.45) is 3.19. The number of nitrogens with zero attached hydrogens (tertiary/aromatic N) is 1. The van der Waals surface area contributed by atoms with Crippen molar-refractivity contribution in [2.75, 3.05) is 26.3 Å². The van der Waals surface area contributed by atoms with Gasteiger partial charge in [-0.1, -0.05) is 0 Å². The first-order chi connectivity index (χ1) is 11.6. The lowest BCUT2D eigenvalue weighted by Gasteiger charge is -2.36. The highest BCUT2D eigenvalue weighted by molar-refractivity contribution is 5.31. The molecule has 2 N–H and O–H groups in total. The number of aliphatic hydroxyl groups is 2. The van der Waals surface area contributed by atoms with Crippen molar-refractivity contribution < 1.29 is 23.7 Å². The molecule has 0 aromatic heterocycles. The van der Waals surface area contributed by atoms with Gasteiger partial charge in [-0.3, -0.25) is 4.90 Å². The molecule has 134 valence electrons. The van der Waals surface area contributed by atoms with Crippen molar-refractivity contribution in [3.8, 4) is 5.75 Å². The Morgan fingerprint density at radius 1 is 1.17 bits per heavy atom. The third kappa shape index (κ3) is 4.43. The first-order valence-electron chi connectivity index (χ1n) is 8.70. The lowest BCUT2D eigenvalue weighted by atomic mass is 9.99. The van der Waals surface area contributed by atoms with Crippen LogP contribution in [0.2, 0.25) is 0 Å². The summed E-state index contributed by atoms with van der Waals surface area (Å²) < 4.78 is 33.9. The number of aliphatic hydroxyl groups excluding tert-OH is 2. The quantitative estimate of drug-likeness (QED) is 0.798. The summed E-state index contributed by atoms with van der Waals surface area (Å²) in [6.45, 7) is 1.54. The second-order valence-electron chi connectivity index (χ2n) is 6.92. The predicted octanol–water partition coefficient (Wildman–Crippen LogP) is 2.11. The van der Waals surface area contributed by atoms with Crippen molar-refractivity contribution in [2.24, 2.45) is 5.92 Å². The van der Waals surface area contributed by atoms with E-state index in [0.29, 0.717) is 38.5 Å². The maximum atomic E-state index is 14.2. The van der Waals surface area contributed by atoms with Gasteiger partial charge in [0, 0.05) is 36.8 Å². The van der Waals surface area contributed by atoms with Crippen LogP contribution < -0.4 is 4.74 Å². The Hall–Kier alpha value is -1.24. The van der Waals surface area contributed by atoms with Gasteiger partial charge in [0.25, 0.3) is 0 Å². The van der Waals surface area contributed by atoms with E-state index >= 15 is 0 Å². The largest absolute Gasteiger partial charge is 0.493 e. The fraction of sp³-hybridized carbons (Fsp3) is 0.667. The number of ether oxygens (including phenoxy) is 1. The first kappa shape index (κ1) is 17.6. The highest BCUT2D eigenvalue weighted by atomic mass is 19.1. The lowest BCUT2D eigenvalue weighted by molar-refractivity contribution is 0.0175. The van der Waals surface area contributed by atoms with Gasteiger partial charge < -0.3 is 14.9 Å². The normalized spacial score (nSPS) is 25.0. The SMILES string of the molecule is OCC1CC(O)CCN1CCc1c(F)cc(OCC2CC2)cc1F. The van der Waals surface area contributed by atoms with E-state index in [1.807, 2.05) is 4.90 Å².